The molecule has 0 saturated carbocycles. The Kier molecular flexibility index (Phi) is 5.15. The molecule has 0 aliphatic carbocycles. The number of rotatable bonds is 5. The SMILES string of the molecule is Cc1cccc2sc(NS(=O)(=O)c3cn(Cc4ccccc4)nc3C(C)(C)C)nc12. The number of para-hydroxylation sites is 1. The summed E-state index contributed by atoms with van der Waals surface area (Å²) in [6, 6.07) is 15.7. The second-order valence-electron chi connectivity index (χ2n) is 8.32. The second kappa shape index (κ2) is 7.52. The quantitative estimate of drug-likeness (QED) is 0.476. The van der Waals surface area contributed by atoms with E-state index in [4.69, 9.17) is 0 Å². The Bertz CT molecular complexity index is 1300. The standard InChI is InChI=1S/C22H24N4O2S2/c1-15-9-8-12-17-19(15)23-21(29-17)25-30(27,28)18-14-26(24-20(18)22(2,3)4)13-16-10-6-5-7-11-16/h5-12,14H,13H2,1-4H3,(H,23,25). The van der Waals surface area contributed by atoms with Crippen LogP contribution in [0.4, 0.5) is 5.13 Å². The highest BCUT2D eigenvalue weighted by molar-refractivity contribution is 7.93. The van der Waals surface area contributed by atoms with Gasteiger partial charge >= 0.3 is 0 Å². The van der Waals surface area contributed by atoms with E-state index in [1.54, 1.807) is 10.9 Å². The maximum atomic E-state index is 13.3. The molecule has 0 amide bonds. The molecule has 0 spiro atoms. The lowest BCUT2D eigenvalue weighted by atomic mass is 9.92. The van der Waals surface area contributed by atoms with E-state index in [0.717, 1.165) is 21.3 Å². The average Bonchev–Trinajstić information content (AvgIpc) is 3.27. The molecule has 2 aromatic carbocycles. The maximum absolute atomic E-state index is 13.3. The molecule has 0 bridgehead atoms. The van der Waals surface area contributed by atoms with Crippen LogP contribution in [0.2, 0.25) is 0 Å². The largest absolute Gasteiger partial charge is 0.267 e. The zero-order valence-corrected chi connectivity index (χ0v) is 19.0. The zero-order valence-electron chi connectivity index (χ0n) is 17.4. The summed E-state index contributed by atoms with van der Waals surface area (Å²) in [7, 11) is -3.84. The van der Waals surface area contributed by atoms with Crippen LogP contribution in [-0.2, 0) is 22.0 Å². The van der Waals surface area contributed by atoms with Crippen molar-refractivity contribution in [2.24, 2.45) is 0 Å². The number of nitrogens with one attached hydrogen (secondary N) is 1. The topological polar surface area (TPSA) is 76.9 Å². The number of nitrogens with zero attached hydrogens (tertiary/aromatic N) is 3. The normalized spacial score (nSPS) is 12.4. The molecule has 6 nitrogen and oxygen atoms in total. The lowest BCUT2D eigenvalue weighted by Crippen LogP contribution is -2.20. The lowest BCUT2D eigenvalue weighted by molar-refractivity contribution is 0.533. The summed E-state index contributed by atoms with van der Waals surface area (Å²) >= 11 is 1.33. The number of thiazole rings is 1. The predicted octanol–water partition coefficient (Wildman–Crippen LogP) is 4.95. The molecular weight excluding hydrogens is 416 g/mol. The van der Waals surface area contributed by atoms with Crippen molar-refractivity contribution >= 4 is 36.7 Å². The Morgan fingerprint density at radius 3 is 2.47 bits per heavy atom. The molecule has 4 rings (SSSR count). The number of aryl methyl sites for hydroxylation is 1. The molecule has 30 heavy (non-hydrogen) atoms. The van der Waals surface area contributed by atoms with Crippen LogP contribution in [0.1, 0.15) is 37.6 Å². The van der Waals surface area contributed by atoms with Gasteiger partial charge in [-0.2, -0.15) is 5.10 Å². The van der Waals surface area contributed by atoms with E-state index in [0.29, 0.717) is 17.4 Å². The third-order valence-corrected chi connectivity index (χ3v) is 7.16. The van der Waals surface area contributed by atoms with Crippen LogP contribution >= 0.6 is 11.3 Å². The van der Waals surface area contributed by atoms with Crippen LogP contribution in [0.15, 0.2) is 59.6 Å². The van der Waals surface area contributed by atoms with Crippen molar-refractivity contribution in [1.82, 2.24) is 14.8 Å². The minimum absolute atomic E-state index is 0.182. The highest BCUT2D eigenvalue weighted by Crippen LogP contribution is 2.32. The molecule has 0 unspecified atom stereocenters. The Labute approximate surface area is 180 Å². The number of anilines is 1. The van der Waals surface area contributed by atoms with E-state index >= 15 is 0 Å². The summed E-state index contributed by atoms with van der Waals surface area (Å²) in [6.45, 7) is 8.35. The minimum Gasteiger partial charge on any atom is -0.267 e. The van der Waals surface area contributed by atoms with E-state index in [1.165, 1.54) is 11.3 Å². The second-order valence-corrected chi connectivity index (χ2v) is 11.0. The Morgan fingerprint density at radius 2 is 1.80 bits per heavy atom. The van der Waals surface area contributed by atoms with Crippen LogP contribution in [0.25, 0.3) is 10.2 Å². The molecule has 0 atom stereocenters. The van der Waals surface area contributed by atoms with Crippen molar-refractivity contribution in [1.29, 1.82) is 0 Å². The number of aromatic nitrogens is 3. The van der Waals surface area contributed by atoms with E-state index in [2.05, 4.69) is 14.8 Å². The highest BCUT2D eigenvalue weighted by Gasteiger charge is 2.30. The average molecular weight is 441 g/mol. The van der Waals surface area contributed by atoms with Crippen molar-refractivity contribution in [2.75, 3.05) is 4.72 Å². The number of sulfonamides is 1. The van der Waals surface area contributed by atoms with Crippen LogP contribution < -0.4 is 4.72 Å². The Morgan fingerprint density at radius 1 is 1.07 bits per heavy atom. The third kappa shape index (κ3) is 4.11. The van der Waals surface area contributed by atoms with Crippen LogP contribution in [-0.4, -0.2) is 23.2 Å². The van der Waals surface area contributed by atoms with Crippen LogP contribution in [0.3, 0.4) is 0 Å². The van der Waals surface area contributed by atoms with Gasteiger partial charge in [0.25, 0.3) is 10.0 Å². The summed E-state index contributed by atoms with van der Waals surface area (Å²) < 4.78 is 31.9. The monoisotopic (exact) mass is 440 g/mol. The molecule has 0 radical (unpaired) electrons. The first-order valence-corrected chi connectivity index (χ1v) is 11.9. The molecule has 2 heterocycles. The highest BCUT2D eigenvalue weighted by atomic mass is 32.2. The first-order valence-electron chi connectivity index (χ1n) is 9.64. The maximum Gasteiger partial charge on any atom is 0.267 e. The van der Waals surface area contributed by atoms with Crippen LogP contribution in [0, 0.1) is 6.92 Å². The van der Waals surface area contributed by atoms with Gasteiger partial charge < -0.3 is 0 Å². The molecule has 1 N–H and O–H groups in total. The number of hydrogen-bond donors (Lipinski definition) is 1. The number of fused-ring (bicyclic) bond motifs is 1. The Balaban J connectivity index is 1.72. The smallest absolute Gasteiger partial charge is 0.267 e. The fourth-order valence-electron chi connectivity index (χ4n) is 3.27. The molecule has 0 aliphatic heterocycles. The van der Waals surface area contributed by atoms with Crippen molar-refractivity contribution in [3.63, 3.8) is 0 Å². The first kappa shape index (κ1) is 20.6. The molecule has 2 aromatic heterocycles. The minimum atomic E-state index is -3.84. The lowest BCUT2D eigenvalue weighted by Gasteiger charge is -2.17. The van der Waals surface area contributed by atoms with E-state index in [-0.39, 0.29) is 4.90 Å². The van der Waals surface area contributed by atoms with Gasteiger partial charge in [-0.3, -0.25) is 9.40 Å². The summed E-state index contributed by atoms with van der Waals surface area (Å²) in [5.41, 5.74) is 2.98. The summed E-state index contributed by atoms with van der Waals surface area (Å²) in [5.74, 6) is 0. The molecule has 156 valence electrons. The molecule has 0 saturated heterocycles. The van der Waals surface area contributed by atoms with Gasteiger partial charge in [0.15, 0.2) is 5.13 Å². The predicted molar refractivity (Wildman–Crippen MR) is 122 cm³/mol. The molecule has 4 aromatic rings. The van der Waals surface area contributed by atoms with E-state index in [1.807, 2.05) is 76.2 Å². The van der Waals surface area contributed by atoms with E-state index in [9.17, 15) is 8.42 Å². The van der Waals surface area contributed by atoms with Gasteiger partial charge in [0.2, 0.25) is 0 Å². The molecule has 0 aliphatic rings. The molecule has 8 heteroatoms. The van der Waals surface area contributed by atoms with E-state index < -0.39 is 15.4 Å². The van der Waals surface area contributed by atoms with Gasteiger partial charge in [-0.15, -0.1) is 0 Å². The van der Waals surface area contributed by atoms with Crippen molar-refractivity contribution < 1.29 is 8.42 Å². The molecule has 0 fully saturated rings. The van der Waals surface area contributed by atoms with Gasteiger partial charge in [-0.05, 0) is 24.1 Å². The van der Waals surface area contributed by atoms with Gasteiger partial charge in [0.1, 0.15) is 4.90 Å². The fraction of sp³-hybridized carbons (Fsp3) is 0.273. The van der Waals surface area contributed by atoms with Crippen molar-refractivity contribution in [3.05, 3.63) is 71.5 Å². The van der Waals surface area contributed by atoms with Crippen molar-refractivity contribution in [2.45, 2.75) is 44.6 Å². The van der Waals surface area contributed by atoms with Crippen molar-refractivity contribution in [3.8, 4) is 0 Å². The number of hydrogen-bond acceptors (Lipinski definition) is 5. The van der Waals surface area contributed by atoms with Gasteiger partial charge in [-0.1, -0.05) is 74.6 Å². The fourth-order valence-corrected chi connectivity index (χ4v) is 5.81. The summed E-state index contributed by atoms with van der Waals surface area (Å²) in [4.78, 5) is 4.67. The summed E-state index contributed by atoms with van der Waals surface area (Å²) in [6.07, 6.45) is 1.61. The third-order valence-electron chi connectivity index (χ3n) is 4.76. The first-order chi connectivity index (χ1) is 14.1. The van der Waals surface area contributed by atoms with Gasteiger partial charge in [0, 0.05) is 11.6 Å². The zero-order chi connectivity index (χ0) is 21.5. The summed E-state index contributed by atoms with van der Waals surface area (Å²) in [5, 5.41) is 4.98. The van der Waals surface area contributed by atoms with Gasteiger partial charge in [0.05, 0.1) is 22.5 Å². The number of benzene rings is 2. The van der Waals surface area contributed by atoms with Gasteiger partial charge in [-0.25, -0.2) is 13.4 Å². The Hall–Kier alpha value is -2.71. The van der Waals surface area contributed by atoms with Crippen LogP contribution in [0.5, 0.6) is 0 Å². The molecular formula is C22H24N4O2S2.